The fraction of sp³-hybridized carbons (Fsp3) is 0.148. The van der Waals surface area contributed by atoms with E-state index in [4.69, 9.17) is 0 Å². The first kappa shape index (κ1) is 38.3. The van der Waals surface area contributed by atoms with Crippen molar-refractivity contribution in [2.45, 2.75) is 52.4 Å². The maximum atomic E-state index is 4.52. The van der Waals surface area contributed by atoms with Crippen LogP contribution in [0.25, 0.3) is 43.8 Å². The number of nitrogens with zero attached hydrogens (tertiary/aromatic N) is 6. The number of anilines is 6. The smallest absolute Gasteiger partial charge is 0.0645 e. The molecule has 294 valence electrons. The molecule has 6 nitrogen and oxygen atoms in total. The number of pyridine rings is 4. The molecule has 4 heterocycles. The largest absolute Gasteiger partial charge is 0.307 e. The quantitative estimate of drug-likeness (QED) is 0.143. The zero-order valence-corrected chi connectivity index (χ0v) is 35.0. The zero-order chi connectivity index (χ0) is 41.4. The molecule has 0 radical (unpaired) electrons. The fourth-order valence-corrected chi connectivity index (χ4v) is 8.22. The minimum absolute atomic E-state index is 0.0177. The molecule has 0 aliphatic carbocycles. The summed E-state index contributed by atoms with van der Waals surface area (Å²) in [5.41, 5.74) is 13.1. The molecule has 0 aliphatic heterocycles. The van der Waals surface area contributed by atoms with Crippen LogP contribution in [-0.2, 0) is 10.8 Å². The molecule has 9 aromatic rings. The van der Waals surface area contributed by atoms with Gasteiger partial charge in [0.1, 0.15) is 0 Å². The van der Waals surface area contributed by atoms with Crippen molar-refractivity contribution in [3.8, 4) is 22.3 Å². The van der Waals surface area contributed by atoms with Gasteiger partial charge in [-0.05, 0) is 139 Å². The second-order valence-corrected chi connectivity index (χ2v) is 17.4. The summed E-state index contributed by atoms with van der Waals surface area (Å²) < 4.78 is 0. The summed E-state index contributed by atoms with van der Waals surface area (Å²) >= 11 is 0. The Labute approximate surface area is 352 Å². The first-order valence-electron chi connectivity index (χ1n) is 20.5. The van der Waals surface area contributed by atoms with E-state index in [0.717, 1.165) is 66.8 Å². The standard InChI is InChI=1S/C54H48N6/c1-53(2,3)39-19-15-37(16-20-39)51-47-25-23-42(60(45-13-9-29-57-35-45)46-14-10-30-58-36-46)32-50(47)52(38-17-21-40(22-18-38)54(4,5)6)48-26-24-41(31-49(48)51)59(43-11-7-27-55-33-43)44-12-8-28-56-34-44/h7-36H,1-6H3. The lowest BCUT2D eigenvalue weighted by atomic mass is 9.82. The van der Waals surface area contributed by atoms with Crippen LogP contribution >= 0.6 is 0 Å². The molecule has 0 unspecified atom stereocenters. The maximum Gasteiger partial charge on any atom is 0.0645 e. The first-order chi connectivity index (χ1) is 29.0. The van der Waals surface area contributed by atoms with E-state index < -0.39 is 0 Å². The lowest BCUT2D eigenvalue weighted by molar-refractivity contribution is 0.590. The number of hydrogen-bond donors (Lipinski definition) is 0. The van der Waals surface area contributed by atoms with E-state index >= 15 is 0 Å². The van der Waals surface area contributed by atoms with Crippen molar-refractivity contribution in [1.29, 1.82) is 0 Å². The Hall–Kier alpha value is -7.18. The zero-order valence-electron chi connectivity index (χ0n) is 35.0. The maximum absolute atomic E-state index is 4.52. The van der Waals surface area contributed by atoms with Gasteiger partial charge in [-0.15, -0.1) is 0 Å². The van der Waals surface area contributed by atoms with Crippen LogP contribution in [0.15, 0.2) is 183 Å². The van der Waals surface area contributed by atoms with Crippen LogP contribution in [-0.4, -0.2) is 19.9 Å². The monoisotopic (exact) mass is 780 g/mol. The van der Waals surface area contributed by atoms with Gasteiger partial charge in [0, 0.05) is 36.2 Å². The Morgan fingerprint density at radius 2 is 0.650 bits per heavy atom. The molecular weight excluding hydrogens is 733 g/mol. The Balaban J connectivity index is 1.39. The predicted octanol–water partition coefficient (Wildman–Crippen LogP) is 14.4. The van der Waals surface area contributed by atoms with Crippen LogP contribution in [0.5, 0.6) is 0 Å². The third-order valence-electron chi connectivity index (χ3n) is 11.3. The summed E-state index contributed by atoms with van der Waals surface area (Å²) in [6, 6.07) is 48.4. The summed E-state index contributed by atoms with van der Waals surface area (Å²) in [7, 11) is 0. The van der Waals surface area contributed by atoms with Gasteiger partial charge in [-0.3, -0.25) is 19.9 Å². The van der Waals surface area contributed by atoms with Gasteiger partial charge in [0.25, 0.3) is 0 Å². The predicted molar refractivity (Wildman–Crippen MR) is 250 cm³/mol. The van der Waals surface area contributed by atoms with E-state index in [0.29, 0.717) is 0 Å². The lowest BCUT2D eigenvalue weighted by Gasteiger charge is -2.27. The minimum Gasteiger partial charge on any atom is -0.307 e. The van der Waals surface area contributed by atoms with Crippen molar-refractivity contribution < 1.29 is 0 Å². The molecule has 0 aliphatic rings. The molecule has 60 heavy (non-hydrogen) atoms. The average molecular weight is 781 g/mol. The summed E-state index contributed by atoms with van der Waals surface area (Å²) in [5.74, 6) is 0. The number of aromatic nitrogens is 4. The van der Waals surface area contributed by atoms with Gasteiger partial charge in [0.05, 0.1) is 47.5 Å². The molecular formula is C54H48N6. The molecule has 6 heteroatoms. The highest BCUT2D eigenvalue weighted by molar-refractivity contribution is 6.22. The van der Waals surface area contributed by atoms with Crippen molar-refractivity contribution in [3.05, 3.63) is 194 Å². The molecule has 0 amide bonds. The van der Waals surface area contributed by atoms with E-state index in [2.05, 4.69) is 180 Å². The Morgan fingerprint density at radius 1 is 0.333 bits per heavy atom. The van der Waals surface area contributed by atoms with Gasteiger partial charge in [-0.1, -0.05) is 102 Å². The summed E-state index contributed by atoms with van der Waals surface area (Å²) in [6.45, 7) is 13.6. The third-order valence-corrected chi connectivity index (χ3v) is 11.3. The summed E-state index contributed by atoms with van der Waals surface area (Å²) in [6.07, 6.45) is 14.9. The van der Waals surface area contributed by atoms with E-state index in [1.807, 2.05) is 73.8 Å². The Kier molecular flexibility index (Phi) is 9.93. The number of rotatable bonds is 8. The topological polar surface area (TPSA) is 58.0 Å². The first-order valence-corrected chi connectivity index (χ1v) is 20.5. The van der Waals surface area contributed by atoms with E-state index in [9.17, 15) is 0 Å². The molecule has 0 spiro atoms. The SMILES string of the molecule is CC(C)(C)c1ccc(-c2c3ccc(N(c4cccnc4)c4cccnc4)cc3c(-c3ccc(C(C)(C)C)cc3)c3ccc(N(c4cccnc4)c4cccnc4)cc23)cc1. The molecule has 0 N–H and O–H groups in total. The lowest BCUT2D eigenvalue weighted by Crippen LogP contribution is -2.11. The number of benzene rings is 5. The van der Waals surface area contributed by atoms with Crippen LogP contribution < -0.4 is 9.80 Å². The Bertz CT molecular complexity index is 2620. The van der Waals surface area contributed by atoms with Gasteiger partial charge in [-0.25, -0.2) is 0 Å². The van der Waals surface area contributed by atoms with E-state index in [-0.39, 0.29) is 10.8 Å². The van der Waals surface area contributed by atoms with Crippen LogP contribution in [0.2, 0.25) is 0 Å². The minimum atomic E-state index is 0.0177. The summed E-state index contributed by atoms with van der Waals surface area (Å²) in [5, 5.41) is 4.63. The fourth-order valence-electron chi connectivity index (χ4n) is 8.22. The Morgan fingerprint density at radius 3 is 0.917 bits per heavy atom. The van der Waals surface area contributed by atoms with Gasteiger partial charge < -0.3 is 9.80 Å². The van der Waals surface area contributed by atoms with E-state index in [1.165, 1.54) is 22.3 Å². The molecule has 0 saturated heterocycles. The highest BCUT2D eigenvalue weighted by Crippen LogP contribution is 2.48. The van der Waals surface area contributed by atoms with Gasteiger partial charge in [0.15, 0.2) is 0 Å². The van der Waals surface area contributed by atoms with Crippen LogP contribution in [0, 0.1) is 0 Å². The molecule has 0 fully saturated rings. The second kappa shape index (κ2) is 15.5. The van der Waals surface area contributed by atoms with Crippen LogP contribution in [0.3, 0.4) is 0 Å². The summed E-state index contributed by atoms with van der Waals surface area (Å²) in [4.78, 5) is 22.6. The van der Waals surface area contributed by atoms with Crippen molar-refractivity contribution >= 4 is 55.7 Å². The van der Waals surface area contributed by atoms with Crippen molar-refractivity contribution in [1.82, 2.24) is 19.9 Å². The van der Waals surface area contributed by atoms with Gasteiger partial charge in [-0.2, -0.15) is 0 Å². The molecule has 4 aromatic heterocycles. The van der Waals surface area contributed by atoms with Crippen LogP contribution in [0.1, 0.15) is 52.7 Å². The molecule has 0 atom stereocenters. The highest BCUT2D eigenvalue weighted by atomic mass is 15.2. The van der Waals surface area contributed by atoms with Crippen LogP contribution in [0.4, 0.5) is 34.1 Å². The molecule has 0 bridgehead atoms. The molecule has 9 rings (SSSR count). The molecule has 5 aromatic carbocycles. The van der Waals surface area contributed by atoms with Crippen molar-refractivity contribution in [2.75, 3.05) is 9.80 Å². The highest BCUT2D eigenvalue weighted by Gasteiger charge is 2.23. The van der Waals surface area contributed by atoms with Crippen molar-refractivity contribution in [2.24, 2.45) is 0 Å². The normalized spacial score (nSPS) is 11.8. The number of fused-ring (bicyclic) bond motifs is 2. The second-order valence-electron chi connectivity index (χ2n) is 17.4. The number of hydrogen-bond acceptors (Lipinski definition) is 6. The van der Waals surface area contributed by atoms with Gasteiger partial charge in [0.2, 0.25) is 0 Å². The van der Waals surface area contributed by atoms with Gasteiger partial charge >= 0.3 is 0 Å². The average Bonchev–Trinajstić information content (AvgIpc) is 3.27. The van der Waals surface area contributed by atoms with Crippen molar-refractivity contribution in [3.63, 3.8) is 0 Å². The molecule has 0 saturated carbocycles. The van der Waals surface area contributed by atoms with E-state index in [1.54, 1.807) is 0 Å². The third kappa shape index (κ3) is 7.37.